The van der Waals surface area contributed by atoms with Crippen LogP contribution in [0.25, 0.3) is 11.4 Å². The number of nitrogens with one attached hydrogen (secondary N) is 2. The van der Waals surface area contributed by atoms with Crippen LogP contribution in [0.1, 0.15) is 24.1 Å². The van der Waals surface area contributed by atoms with Gasteiger partial charge in [0.1, 0.15) is 18.4 Å². The van der Waals surface area contributed by atoms with Gasteiger partial charge in [0.25, 0.3) is 5.91 Å². The third-order valence-corrected chi connectivity index (χ3v) is 7.36. The molecule has 1 aliphatic rings. The summed E-state index contributed by atoms with van der Waals surface area (Å²) in [4.78, 5) is 22.8. The van der Waals surface area contributed by atoms with E-state index < -0.39 is 6.04 Å². The van der Waals surface area contributed by atoms with E-state index in [0.29, 0.717) is 63.9 Å². The molecule has 5 aromatic rings. The first-order chi connectivity index (χ1) is 22.0. The van der Waals surface area contributed by atoms with Gasteiger partial charge in [0, 0.05) is 17.5 Å². The van der Waals surface area contributed by atoms with Gasteiger partial charge >= 0.3 is 0 Å². The lowest BCUT2D eigenvalue weighted by atomic mass is 9.95. The maximum atomic E-state index is 13.9. The lowest BCUT2D eigenvalue weighted by Gasteiger charge is -2.29. The molecule has 1 unspecified atom stereocenters. The van der Waals surface area contributed by atoms with E-state index in [-0.39, 0.29) is 5.91 Å². The number of allylic oxidation sites excluding steroid dienone is 1. The first-order valence-electron chi connectivity index (χ1n) is 14.2. The number of hydrogen-bond donors (Lipinski definition) is 2. The lowest BCUT2D eigenvalue weighted by molar-refractivity contribution is -0.113. The topological polar surface area (TPSA) is 122 Å². The van der Waals surface area contributed by atoms with Gasteiger partial charge in [-0.25, -0.2) is 4.68 Å². The van der Waals surface area contributed by atoms with E-state index in [1.165, 1.54) is 0 Å². The van der Waals surface area contributed by atoms with Crippen molar-refractivity contribution in [3.05, 3.63) is 114 Å². The summed E-state index contributed by atoms with van der Waals surface area (Å²) in [7, 11) is 4.65. The second-order valence-corrected chi connectivity index (χ2v) is 10.2. The van der Waals surface area contributed by atoms with Crippen LogP contribution in [-0.4, -0.2) is 47.0 Å². The fraction of sp³-hybridized carbons (Fsp3) is 0.176. The molecule has 11 nitrogen and oxygen atoms in total. The molecule has 2 aromatic heterocycles. The molecule has 3 aromatic carbocycles. The van der Waals surface area contributed by atoms with Crippen LogP contribution in [0, 0.1) is 0 Å². The molecule has 11 heteroatoms. The predicted molar refractivity (Wildman–Crippen MR) is 170 cm³/mol. The van der Waals surface area contributed by atoms with E-state index in [4.69, 9.17) is 29.0 Å². The molecular formula is C34H32N6O5. The third-order valence-electron chi connectivity index (χ3n) is 7.36. The highest BCUT2D eigenvalue weighted by Crippen LogP contribution is 2.42. The number of pyridine rings is 1. The van der Waals surface area contributed by atoms with E-state index in [1.807, 2.05) is 61.5 Å². The summed E-state index contributed by atoms with van der Waals surface area (Å²) in [6.45, 7) is 2.25. The highest BCUT2D eigenvalue weighted by Gasteiger charge is 2.35. The zero-order chi connectivity index (χ0) is 31.3. The van der Waals surface area contributed by atoms with Gasteiger partial charge in [-0.05, 0) is 54.4 Å². The molecule has 1 amide bonds. The molecule has 2 N–H and O–H groups in total. The zero-order valence-electron chi connectivity index (χ0n) is 25.3. The Labute approximate surface area is 260 Å². The van der Waals surface area contributed by atoms with E-state index in [1.54, 1.807) is 62.7 Å². The van der Waals surface area contributed by atoms with Crippen molar-refractivity contribution in [3.8, 4) is 34.4 Å². The number of carbonyl (C=O) groups is 1. The van der Waals surface area contributed by atoms with Crippen LogP contribution in [0.2, 0.25) is 0 Å². The molecule has 0 spiro atoms. The van der Waals surface area contributed by atoms with Crippen molar-refractivity contribution < 1.29 is 23.7 Å². The van der Waals surface area contributed by atoms with Crippen LogP contribution < -0.4 is 29.6 Å². The minimum Gasteiger partial charge on any atom is -0.493 e. The van der Waals surface area contributed by atoms with Crippen molar-refractivity contribution in [3.63, 3.8) is 0 Å². The minimum absolute atomic E-state index is 0.302. The highest BCUT2D eigenvalue weighted by molar-refractivity contribution is 6.06. The molecule has 0 bridgehead atoms. The highest BCUT2D eigenvalue weighted by atomic mass is 16.5. The van der Waals surface area contributed by atoms with Crippen LogP contribution >= 0.6 is 0 Å². The van der Waals surface area contributed by atoms with Crippen LogP contribution in [-0.2, 0) is 11.4 Å². The minimum atomic E-state index is -0.638. The second kappa shape index (κ2) is 12.8. The fourth-order valence-electron chi connectivity index (χ4n) is 5.24. The molecule has 1 aliphatic heterocycles. The first-order valence-corrected chi connectivity index (χ1v) is 14.2. The summed E-state index contributed by atoms with van der Waals surface area (Å²) in [6, 6.07) is 24.1. The van der Waals surface area contributed by atoms with Gasteiger partial charge in [-0.3, -0.25) is 9.78 Å². The summed E-state index contributed by atoms with van der Waals surface area (Å²) in [5.41, 5.74) is 4.15. The molecular weight excluding hydrogens is 572 g/mol. The van der Waals surface area contributed by atoms with Gasteiger partial charge in [-0.15, -0.1) is 5.10 Å². The Morgan fingerprint density at radius 3 is 2.40 bits per heavy atom. The molecule has 0 saturated carbocycles. The molecule has 0 fully saturated rings. The SMILES string of the molecule is COc1cc(-c2nc3n(n2)C(c2cccc(OCc4ccccc4)c2)C(C(=O)Nc2cccnc2)=C(C)N3)cc(OC)c1OC. The largest absolute Gasteiger partial charge is 0.493 e. The number of aromatic nitrogens is 4. The average Bonchev–Trinajstić information content (AvgIpc) is 3.50. The maximum absolute atomic E-state index is 13.9. The van der Waals surface area contributed by atoms with Crippen molar-refractivity contribution >= 4 is 17.5 Å². The molecule has 45 heavy (non-hydrogen) atoms. The van der Waals surface area contributed by atoms with Crippen LogP contribution in [0.5, 0.6) is 23.0 Å². The van der Waals surface area contributed by atoms with E-state index in [0.717, 1.165) is 11.1 Å². The molecule has 3 heterocycles. The smallest absolute Gasteiger partial charge is 0.255 e. The van der Waals surface area contributed by atoms with E-state index in [2.05, 4.69) is 15.6 Å². The second-order valence-electron chi connectivity index (χ2n) is 10.2. The molecule has 1 atom stereocenters. The Kier molecular flexibility index (Phi) is 8.32. The van der Waals surface area contributed by atoms with Crippen molar-refractivity contribution in [2.75, 3.05) is 32.0 Å². The Bertz CT molecular complexity index is 1830. The number of carbonyl (C=O) groups excluding carboxylic acids is 1. The van der Waals surface area contributed by atoms with Crippen LogP contribution in [0.3, 0.4) is 0 Å². The predicted octanol–water partition coefficient (Wildman–Crippen LogP) is 5.87. The van der Waals surface area contributed by atoms with Gasteiger partial charge in [0.15, 0.2) is 17.3 Å². The van der Waals surface area contributed by atoms with Crippen LogP contribution in [0.15, 0.2) is 103 Å². The van der Waals surface area contributed by atoms with E-state index >= 15 is 0 Å². The van der Waals surface area contributed by atoms with E-state index in [9.17, 15) is 4.79 Å². The van der Waals surface area contributed by atoms with Crippen molar-refractivity contribution in [1.29, 1.82) is 0 Å². The maximum Gasteiger partial charge on any atom is 0.255 e. The number of ether oxygens (including phenoxy) is 4. The number of amides is 1. The Morgan fingerprint density at radius 2 is 1.71 bits per heavy atom. The number of benzene rings is 3. The Balaban J connectivity index is 1.42. The fourth-order valence-corrected chi connectivity index (χ4v) is 5.24. The quantitative estimate of drug-likeness (QED) is 0.201. The summed E-state index contributed by atoms with van der Waals surface area (Å²) >= 11 is 0. The molecule has 6 rings (SSSR count). The number of rotatable bonds is 10. The molecule has 0 radical (unpaired) electrons. The van der Waals surface area contributed by atoms with Crippen molar-refractivity contribution in [2.24, 2.45) is 0 Å². The number of fused-ring (bicyclic) bond motifs is 1. The normalized spacial score (nSPS) is 13.8. The van der Waals surface area contributed by atoms with Gasteiger partial charge in [0.2, 0.25) is 11.7 Å². The van der Waals surface area contributed by atoms with Crippen molar-refractivity contribution in [1.82, 2.24) is 19.7 Å². The van der Waals surface area contributed by atoms with Gasteiger partial charge < -0.3 is 29.6 Å². The van der Waals surface area contributed by atoms with Gasteiger partial charge in [0.05, 0.1) is 38.8 Å². The van der Waals surface area contributed by atoms with Gasteiger partial charge in [-0.1, -0.05) is 42.5 Å². The van der Waals surface area contributed by atoms with Crippen molar-refractivity contribution in [2.45, 2.75) is 19.6 Å². The zero-order valence-corrected chi connectivity index (χ0v) is 25.3. The molecule has 228 valence electrons. The number of methoxy groups -OCH3 is 3. The van der Waals surface area contributed by atoms with Gasteiger partial charge in [-0.2, -0.15) is 4.98 Å². The third kappa shape index (κ3) is 6.00. The van der Waals surface area contributed by atoms with Crippen LogP contribution in [0.4, 0.5) is 11.6 Å². The number of anilines is 2. The first kappa shape index (κ1) is 29.2. The number of nitrogens with zero attached hydrogens (tertiary/aromatic N) is 4. The number of hydrogen-bond acceptors (Lipinski definition) is 9. The summed E-state index contributed by atoms with van der Waals surface area (Å²) in [6.07, 6.45) is 3.25. The monoisotopic (exact) mass is 604 g/mol. The average molecular weight is 605 g/mol. The standard InChI is InChI=1S/C34H32N6O5/c1-21-29(33(41)37-25-13-9-15-35-19-25)30(23-12-8-14-26(16-23)45-20-22-10-6-5-7-11-22)40-34(36-21)38-32(39-40)24-17-27(42-2)31(44-4)28(18-24)43-3/h5-19,30H,20H2,1-4H3,(H,37,41)(H,36,38,39). The molecule has 0 aliphatic carbocycles. The summed E-state index contributed by atoms with van der Waals surface area (Å²) in [5, 5.41) is 11.2. The summed E-state index contributed by atoms with van der Waals surface area (Å²) < 4.78 is 24.5. The molecule has 0 saturated heterocycles. The Hall–Kier alpha value is -5.84. The Morgan fingerprint density at radius 1 is 0.933 bits per heavy atom. The lowest BCUT2D eigenvalue weighted by Crippen LogP contribution is -2.31. The summed E-state index contributed by atoms with van der Waals surface area (Å²) in [5.74, 6) is 2.63.